The molecular weight excluding hydrogens is 302 g/mol. The first kappa shape index (κ1) is 14.6. The van der Waals surface area contributed by atoms with E-state index in [1.165, 1.54) is 23.3 Å². The average molecular weight is 312 g/mol. The van der Waals surface area contributed by atoms with Crippen LogP contribution in [0.5, 0.6) is 0 Å². The first-order valence-electron chi connectivity index (χ1n) is 6.56. The van der Waals surface area contributed by atoms with Crippen LogP contribution in [0.15, 0.2) is 36.9 Å². The lowest BCUT2D eigenvalue weighted by molar-refractivity contribution is 0.506. The molecule has 0 spiro atoms. The first-order valence-corrected chi connectivity index (χ1v) is 6.56. The molecule has 0 saturated heterocycles. The van der Waals surface area contributed by atoms with Crippen LogP contribution < -0.4 is 5.73 Å². The van der Waals surface area contributed by atoms with Gasteiger partial charge in [0.2, 0.25) is 0 Å². The maximum atomic E-state index is 13.2. The van der Waals surface area contributed by atoms with Crippen LogP contribution in [0.2, 0.25) is 0 Å². The Bertz CT molecular complexity index is 913. The Morgan fingerprint density at radius 2 is 2.04 bits per heavy atom. The van der Waals surface area contributed by atoms with E-state index in [1.807, 2.05) is 6.07 Å². The quantitative estimate of drug-likeness (QED) is 0.799. The molecule has 0 aliphatic carbocycles. The van der Waals surface area contributed by atoms with Crippen molar-refractivity contribution in [1.29, 1.82) is 5.26 Å². The standard InChI is InChI=1S/C15H10F2N6/c16-12-2-1-9(3-13(12)17)6-23-7-10(5-22-23)14-11(4-18)15(19)21-8-20-14/h1-3,5,7-8H,6H2,(H2,19,20,21). The zero-order valence-electron chi connectivity index (χ0n) is 11.7. The van der Waals surface area contributed by atoms with Crippen molar-refractivity contribution in [2.75, 3.05) is 5.73 Å². The topological polar surface area (TPSA) is 93.4 Å². The zero-order chi connectivity index (χ0) is 16.4. The molecule has 0 aliphatic heterocycles. The molecule has 0 aliphatic rings. The fourth-order valence-electron chi connectivity index (χ4n) is 2.13. The second-order valence-corrected chi connectivity index (χ2v) is 4.77. The monoisotopic (exact) mass is 312 g/mol. The molecule has 0 saturated carbocycles. The molecule has 114 valence electrons. The normalized spacial score (nSPS) is 10.5. The summed E-state index contributed by atoms with van der Waals surface area (Å²) < 4.78 is 27.7. The minimum absolute atomic E-state index is 0.0888. The fraction of sp³-hybridized carbons (Fsp3) is 0.0667. The molecule has 3 aromatic rings. The highest BCUT2D eigenvalue weighted by Gasteiger charge is 2.13. The number of anilines is 1. The molecular formula is C15H10F2N6. The molecule has 0 amide bonds. The van der Waals surface area contributed by atoms with Gasteiger partial charge < -0.3 is 5.73 Å². The molecule has 23 heavy (non-hydrogen) atoms. The van der Waals surface area contributed by atoms with E-state index >= 15 is 0 Å². The predicted molar refractivity (Wildman–Crippen MR) is 77.8 cm³/mol. The summed E-state index contributed by atoms with van der Waals surface area (Å²) in [5.74, 6) is -1.72. The molecule has 3 rings (SSSR count). The summed E-state index contributed by atoms with van der Waals surface area (Å²) in [6, 6.07) is 5.61. The molecule has 6 nitrogen and oxygen atoms in total. The van der Waals surface area contributed by atoms with Crippen LogP contribution >= 0.6 is 0 Å². The van der Waals surface area contributed by atoms with Gasteiger partial charge in [0.05, 0.1) is 18.4 Å². The fourth-order valence-corrected chi connectivity index (χ4v) is 2.13. The number of aromatic nitrogens is 4. The summed E-state index contributed by atoms with van der Waals surface area (Å²) in [7, 11) is 0. The Balaban J connectivity index is 1.91. The second kappa shape index (κ2) is 5.81. The lowest BCUT2D eigenvalue weighted by atomic mass is 10.1. The van der Waals surface area contributed by atoms with Crippen LogP contribution in [0.3, 0.4) is 0 Å². The summed E-state index contributed by atoms with van der Waals surface area (Å²) in [5.41, 5.74) is 7.33. The summed E-state index contributed by atoms with van der Waals surface area (Å²) in [6.07, 6.45) is 4.42. The Hall–Kier alpha value is -3.34. The maximum Gasteiger partial charge on any atom is 0.159 e. The van der Waals surface area contributed by atoms with Crippen LogP contribution in [0, 0.1) is 23.0 Å². The van der Waals surface area contributed by atoms with Crippen molar-refractivity contribution >= 4 is 5.82 Å². The number of hydrogen-bond acceptors (Lipinski definition) is 5. The molecule has 2 heterocycles. The van der Waals surface area contributed by atoms with E-state index in [0.29, 0.717) is 16.8 Å². The Morgan fingerprint density at radius 3 is 2.78 bits per heavy atom. The number of halogens is 2. The van der Waals surface area contributed by atoms with E-state index in [0.717, 1.165) is 12.1 Å². The van der Waals surface area contributed by atoms with Gasteiger partial charge in [-0.05, 0) is 17.7 Å². The SMILES string of the molecule is N#Cc1c(N)ncnc1-c1cnn(Cc2ccc(F)c(F)c2)c1. The first-order chi connectivity index (χ1) is 11.1. The van der Waals surface area contributed by atoms with Gasteiger partial charge in [-0.2, -0.15) is 10.4 Å². The molecule has 0 unspecified atom stereocenters. The van der Waals surface area contributed by atoms with Gasteiger partial charge in [0.15, 0.2) is 11.6 Å². The van der Waals surface area contributed by atoms with Gasteiger partial charge in [-0.25, -0.2) is 18.7 Å². The summed E-state index contributed by atoms with van der Waals surface area (Å²) in [5, 5.41) is 13.3. The summed E-state index contributed by atoms with van der Waals surface area (Å²) >= 11 is 0. The van der Waals surface area contributed by atoms with Gasteiger partial charge in [0, 0.05) is 11.8 Å². The van der Waals surface area contributed by atoms with E-state index in [9.17, 15) is 8.78 Å². The van der Waals surface area contributed by atoms with Crippen LogP contribution in [0.4, 0.5) is 14.6 Å². The number of hydrogen-bond donors (Lipinski definition) is 1. The maximum absolute atomic E-state index is 13.2. The Labute approximate surface area is 129 Å². The highest BCUT2D eigenvalue weighted by atomic mass is 19.2. The average Bonchev–Trinajstić information content (AvgIpc) is 2.99. The number of nitrogen functional groups attached to an aromatic ring is 1. The van der Waals surface area contributed by atoms with Gasteiger partial charge in [-0.3, -0.25) is 4.68 Å². The van der Waals surface area contributed by atoms with Crippen LogP contribution in [0.25, 0.3) is 11.3 Å². The highest BCUT2D eigenvalue weighted by Crippen LogP contribution is 2.23. The van der Waals surface area contributed by atoms with Gasteiger partial charge in [0.25, 0.3) is 0 Å². The van der Waals surface area contributed by atoms with E-state index < -0.39 is 11.6 Å². The molecule has 0 radical (unpaired) electrons. The second-order valence-electron chi connectivity index (χ2n) is 4.77. The van der Waals surface area contributed by atoms with Crippen molar-refractivity contribution in [1.82, 2.24) is 19.7 Å². The minimum Gasteiger partial charge on any atom is -0.382 e. The van der Waals surface area contributed by atoms with Crippen LogP contribution in [0.1, 0.15) is 11.1 Å². The molecule has 0 atom stereocenters. The van der Waals surface area contributed by atoms with Crippen molar-refractivity contribution in [3.8, 4) is 17.3 Å². The lowest BCUT2D eigenvalue weighted by Gasteiger charge is -2.03. The predicted octanol–water partition coefficient (Wildman–Crippen LogP) is 2.12. The Kier molecular flexibility index (Phi) is 3.68. The van der Waals surface area contributed by atoms with Gasteiger partial charge in [-0.15, -0.1) is 0 Å². The van der Waals surface area contributed by atoms with E-state index in [1.54, 1.807) is 6.20 Å². The van der Waals surface area contributed by atoms with Gasteiger partial charge in [0.1, 0.15) is 23.8 Å². The molecule has 0 bridgehead atoms. The number of nitrogens with zero attached hydrogens (tertiary/aromatic N) is 5. The van der Waals surface area contributed by atoms with Gasteiger partial charge >= 0.3 is 0 Å². The largest absolute Gasteiger partial charge is 0.382 e. The van der Waals surface area contributed by atoms with Crippen molar-refractivity contribution in [2.45, 2.75) is 6.54 Å². The minimum atomic E-state index is -0.912. The van der Waals surface area contributed by atoms with E-state index in [4.69, 9.17) is 11.0 Å². The van der Waals surface area contributed by atoms with E-state index in [2.05, 4.69) is 15.1 Å². The van der Waals surface area contributed by atoms with Crippen LogP contribution in [-0.4, -0.2) is 19.7 Å². The number of benzene rings is 1. The number of nitriles is 1. The third-order valence-corrected chi connectivity index (χ3v) is 3.22. The molecule has 2 aromatic heterocycles. The van der Waals surface area contributed by atoms with Crippen molar-refractivity contribution < 1.29 is 8.78 Å². The Morgan fingerprint density at radius 1 is 1.22 bits per heavy atom. The smallest absolute Gasteiger partial charge is 0.159 e. The van der Waals surface area contributed by atoms with Gasteiger partial charge in [-0.1, -0.05) is 6.07 Å². The molecule has 1 aromatic carbocycles. The molecule has 2 N–H and O–H groups in total. The molecule has 8 heteroatoms. The summed E-state index contributed by atoms with van der Waals surface area (Å²) in [6.45, 7) is 0.250. The molecule has 0 fully saturated rings. The third kappa shape index (κ3) is 2.85. The van der Waals surface area contributed by atoms with Crippen molar-refractivity contribution in [3.05, 3.63) is 59.7 Å². The third-order valence-electron chi connectivity index (χ3n) is 3.22. The summed E-state index contributed by atoms with van der Waals surface area (Å²) in [4.78, 5) is 7.82. The highest BCUT2D eigenvalue weighted by molar-refractivity contribution is 5.70. The van der Waals surface area contributed by atoms with E-state index in [-0.39, 0.29) is 17.9 Å². The number of rotatable bonds is 3. The zero-order valence-corrected chi connectivity index (χ0v) is 11.7. The van der Waals surface area contributed by atoms with Crippen LogP contribution in [-0.2, 0) is 6.54 Å². The van der Waals surface area contributed by atoms with Crippen molar-refractivity contribution in [3.63, 3.8) is 0 Å². The lowest BCUT2D eigenvalue weighted by Crippen LogP contribution is -2.01. The van der Waals surface area contributed by atoms with Crippen molar-refractivity contribution in [2.24, 2.45) is 0 Å². The number of nitrogens with two attached hydrogens (primary N) is 1.